The maximum atomic E-state index is 15.0. The van der Waals surface area contributed by atoms with Crippen molar-refractivity contribution in [3.63, 3.8) is 0 Å². The van der Waals surface area contributed by atoms with E-state index in [-0.39, 0.29) is 0 Å². The highest BCUT2D eigenvalue weighted by Gasteiger charge is 2.36. The first-order chi connectivity index (χ1) is 14.1. The molecule has 0 aliphatic rings. The molecule has 0 radical (unpaired) electrons. The summed E-state index contributed by atoms with van der Waals surface area (Å²) >= 11 is 0. The minimum atomic E-state index is -3.17. The average Bonchev–Trinajstić information content (AvgIpc) is 2.77. The van der Waals surface area contributed by atoms with Crippen molar-refractivity contribution >= 4 is 29.3 Å². The summed E-state index contributed by atoms with van der Waals surface area (Å²) in [5.41, 5.74) is 4.17. The molecule has 3 heteroatoms. The second-order valence-electron chi connectivity index (χ2n) is 7.23. The molecule has 0 atom stereocenters. The molecule has 4 aromatic rings. The standard InChI is InChI=1S/C26H24NOP/c1-21-13-17-23(18-14-21)27(24-19-15-22(2)16-20-24)29(28,25-9-5-3-6-10-25)26-11-7-4-8-12-26/h3-20H,1-2H3. The van der Waals surface area contributed by atoms with E-state index in [1.807, 2.05) is 89.6 Å². The van der Waals surface area contributed by atoms with Crippen molar-refractivity contribution in [3.05, 3.63) is 120 Å². The molecular formula is C26H24NOP. The lowest BCUT2D eigenvalue weighted by Gasteiger charge is -2.34. The third-order valence-electron chi connectivity index (χ3n) is 5.05. The fourth-order valence-corrected chi connectivity index (χ4v) is 6.32. The SMILES string of the molecule is Cc1ccc(N(c2ccc(C)cc2)P(=O)(c2ccccc2)c2ccccc2)cc1. The third kappa shape index (κ3) is 3.77. The second kappa shape index (κ2) is 8.11. The highest BCUT2D eigenvalue weighted by atomic mass is 31.2. The number of benzene rings is 4. The number of hydrogen-bond donors (Lipinski definition) is 0. The zero-order valence-corrected chi connectivity index (χ0v) is 17.6. The summed E-state index contributed by atoms with van der Waals surface area (Å²) in [4.78, 5) is 0. The van der Waals surface area contributed by atoms with E-state index in [9.17, 15) is 0 Å². The smallest absolute Gasteiger partial charge is 0.234 e. The van der Waals surface area contributed by atoms with Crippen molar-refractivity contribution in [3.8, 4) is 0 Å². The van der Waals surface area contributed by atoms with Crippen molar-refractivity contribution in [2.45, 2.75) is 13.8 Å². The summed E-state index contributed by atoms with van der Waals surface area (Å²) in [5.74, 6) is 0. The molecule has 4 aromatic carbocycles. The predicted molar refractivity (Wildman–Crippen MR) is 124 cm³/mol. The van der Waals surface area contributed by atoms with E-state index in [1.54, 1.807) is 0 Å². The summed E-state index contributed by atoms with van der Waals surface area (Å²) in [6.07, 6.45) is 0. The van der Waals surface area contributed by atoms with Crippen LogP contribution in [0.2, 0.25) is 0 Å². The summed E-state index contributed by atoms with van der Waals surface area (Å²) in [6.45, 7) is 4.13. The molecule has 0 unspecified atom stereocenters. The Morgan fingerprint density at radius 1 is 0.517 bits per heavy atom. The number of anilines is 2. The van der Waals surface area contributed by atoms with Gasteiger partial charge in [0.2, 0.25) is 7.29 Å². The van der Waals surface area contributed by atoms with E-state index >= 15 is 4.57 Å². The van der Waals surface area contributed by atoms with Gasteiger partial charge in [0.15, 0.2) is 0 Å². The second-order valence-corrected chi connectivity index (χ2v) is 9.81. The number of nitrogens with zero attached hydrogens (tertiary/aromatic N) is 1. The maximum absolute atomic E-state index is 15.0. The molecule has 0 bridgehead atoms. The van der Waals surface area contributed by atoms with Crippen LogP contribution >= 0.6 is 7.29 Å². The molecule has 0 amide bonds. The Morgan fingerprint density at radius 2 is 0.862 bits per heavy atom. The molecule has 0 heterocycles. The van der Waals surface area contributed by atoms with Gasteiger partial charge in [-0.25, -0.2) is 0 Å². The molecular weight excluding hydrogens is 373 g/mol. The molecule has 0 saturated carbocycles. The Bertz CT molecular complexity index is 1030. The van der Waals surface area contributed by atoms with Gasteiger partial charge in [0.1, 0.15) is 0 Å². The van der Waals surface area contributed by atoms with Crippen LogP contribution in [0.5, 0.6) is 0 Å². The highest BCUT2D eigenvalue weighted by molar-refractivity contribution is 7.80. The van der Waals surface area contributed by atoms with Gasteiger partial charge in [0.05, 0.1) is 0 Å². The maximum Gasteiger partial charge on any atom is 0.234 e. The number of rotatable bonds is 5. The first-order valence-corrected chi connectivity index (χ1v) is 11.4. The van der Waals surface area contributed by atoms with Crippen LogP contribution in [0.25, 0.3) is 0 Å². The quantitative estimate of drug-likeness (QED) is 0.365. The Kier molecular flexibility index (Phi) is 5.38. The van der Waals surface area contributed by atoms with E-state index in [4.69, 9.17) is 0 Å². The van der Waals surface area contributed by atoms with Crippen molar-refractivity contribution < 1.29 is 4.57 Å². The number of aryl methyl sites for hydroxylation is 2. The summed E-state index contributed by atoms with van der Waals surface area (Å²) in [7, 11) is -3.17. The third-order valence-corrected chi connectivity index (χ3v) is 8.07. The van der Waals surface area contributed by atoms with Crippen molar-refractivity contribution in [1.82, 2.24) is 0 Å². The molecule has 0 aliphatic carbocycles. The van der Waals surface area contributed by atoms with Gasteiger partial charge >= 0.3 is 0 Å². The van der Waals surface area contributed by atoms with E-state index in [2.05, 4.69) is 38.1 Å². The molecule has 2 nitrogen and oxygen atoms in total. The first kappa shape index (κ1) is 19.2. The zero-order valence-electron chi connectivity index (χ0n) is 16.7. The average molecular weight is 397 g/mol. The summed E-state index contributed by atoms with van der Waals surface area (Å²) in [5, 5.41) is 1.62. The molecule has 0 spiro atoms. The van der Waals surface area contributed by atoms with Gasteiger partial charge in [0, 0.05) is 22.0 Å². The molecule has 29 heavy (non-hydrogen) atoms. The first-order valence-electron chi connectivity index (χ1n) is 9.74. The van der Waals surface area contributed by atoms with Crippen LogP contribution in [0.4, 0.5) is 11.4 Å². The van der Waals surface area contributed by atoms with Crippen LogP contribution < -0.4 is 15.3 Å². The molecule has 144 valence electrons. The molecule has 4 rings (SSSR count). The van der Waals surface area contributed by atoms with Crippen LogP contribution in [-0.4, -0.2) is 0 Å². The van der Waals surface area contributed by atoms with Gasteiger partial charge in [-0.3, -0.25) is 9.24 Å². The lowest BCUT2D eigenvalue weighted by atomic mass is 10.2. The van der Waals surface area contributed by atoms with Crippen LogP contribution in [0.1, 0.15) is 11.1 Å². The Morgan fingerprint density at radius 3 is 1.21 bits per heavy atom. The largest absolute Gasteiger partial charge is 0.290 e. The van der Waals surface area contributed by atoms with Crippen LogP contribution in [-0.2, 0) is 4.57 Å². The molecule has 0 aromatic heterocycles. The van der Waals surface area contributed by atoms with Crippen molar-refractivity contribution in [2.75, 3.05) is 4.67 Å². The van der Waals surface area contributed by atoms with E-state index < -0.39 is 7.29 Å². The van der Waals surface area contributed by atoms with Crippen LogP contribution in [0.15, 0.2) is 109 Å². The van der Waals surface area contributed by atoms with E-state index in [1.165, 1.54) is 11.1 Å². The Hall–Kier alpha value is -3.09. The highest BCUT2D eigenvalue weighted by Crippen LogP contribution is 2.54. The molecule has 0 N–H and O–H groups in total. The van der Waals surface area contributed by atoms with Gasteiger partial charge in [-0.2, -0.15) is 0 Å². The Labute approximate surface area is 172 Å². The van der Waals surface area contributed by atoms with Crippen LogP contribution in [0.3, 0.4) is 0 Å². The lowest BCUT2D eigenvalue weighted by Crippen LogP contribution is -2.29. The molecule has 0 fully saturated rings. The van der Waals surface area contributed by atoms with E-state index in [0.29, 0.717) is 0 Å². The summed E-state index contributed by atoms with van der Waals surface area (Å²) < 4.78 is 17.0. The van der Waals surface area contributed by atoms with Crippen molar-refractivity contribution in [2.24, 2.45) is 0 Å². The molecule has 0 saturated heterocycles. The normalized spacial score (nSPS) is 11.2. The monoisotopic (exact) mass is 397 g/mol. The minimum absolute atomic E-state index is 0.812. The van der Waals surface area contributed by atoms with Gasteiger partial charge in [-0.15, -0.1) is 0 Å². The fourth-order valence-electron chi connectivity index (χ4n) is 3.49. The van der Waals surface area contributed by atoms with Gasteiger partial charge < -0.3 is 0 Å². The number of hydrogen-bond acceptors (Lipinski definition) is 1. The summed E-state index contributed by atoms with van der Waals surface area (Å²) in [6, 6.07) is 36.0. The lowest BCUT2D eigenvalue weighted by molar-refractivity contribution is 0.587. The van der Waals surface area contributed by atoms with E-state index in [0.717, 1.165) is 22.0 Å². The fraction of sp³-hybridized carbons (Fsp3) is 0.0769. The van der Waals surface area contributed by atoms with Crippen LogP contribution in [0, 0.1) is 13.8 Å². The van der Waals surface area contributed by atoms with Crippen molar-refractivity contribution in [1.29, 1.82) is 0 Å². The zero-order chi connectivity index (χ0) is 20.3. The van der Waals surface area contributed by atoms with Gasteiger partial charge in [0.25, 0.3) is 0 Å². The minimum Gasteiger partial charge on any atom is -0.290 e. The topological polar surface area (TPSA) is 20.3 Å². The predicted octanol–water partition coefficient (Wildman–Crippen LogP) is 6.37. The van der Waals surface area contributed by atoms with Gasteiger partial charge in [-0.1, -0.05) is 71.8 Å². The molecule has 0 aliphatic heterocycles. The Balaban J connectivity index is 2.02. The van der Waals surface area contributed by atoms with Gasteiger partial charge in [-0.05, 0) is 62.4 Å².